The first-order chi connectivity index (χ1) is 17.5. The predicted octanol–water partition coefficient (Wildman–Crippen LogP) is 4.50. The quantitative estimate of drug-likeness (QED) is 0.401. The number of amides is 1. The lowest BCUT2D eigenvalue weighted by atomic mass is 10.0. The Balaban J connectivity index is 1.22. The molecule has 0 aliphatic carbocycles. The number of fused-ring (bicyclic) bond motifs is 1. The van der Waals surface area contributed by atoms with Gasteiger partial charge in [-0.1, -0.05) is 30.3 Å². The summed E-state index contributed by atoms with van der Waals surface area (Å²) in [4.78, 5) is 30.0. The third-order valence-electron chi connectivity index (χ3n) is 6.53. The van der Waals surface area contributed by atoms with Crippen LogP contribution in [0.15, 0.2) is 82.0 Å². The minimum Gasteiger partial charge on any atom is -0.497 e. The standard InChI is InChI=1S/C29H28N2O5/c1-20-28(21-6-4-3-5-7-21)29(33)25-13-12-24(18-26(25)36-20)35-19-27(32)31-16-14-30(15-17-31)22-8-10-23(34-2)11-9-22/h3-13,18H,14-17,19H2,1-2H3. The zero-order valence-electron chi connectivity index (χ0n) is 20.4. The van der Waals surface area contributed by atoms with Crippen LogP contribution in [0.1, 0.15) is 5.76 Å². The highest BCUT2D eigenvalue weighted by molar-refractivity contribution is 5.84. The van der Waals surface area contributed by atoms with E-state index in [0.717, 1.165) is 30.1 Å². The normalized spacial score (nSPS) is 13.6. The van der Waals surface area contributed by atoms with Gasteiger partial charge in [-0.05, 0) is 48.9 Å². The first-order valence-electron chi connectivity index (χ1n) is 12.0. The third-order valence-corrected chi connectivity index (χ3v) is 6.53. The molecule has 0 saturated carbocycles. The van der Waals surface area contributed by atoms with E-state index < -0.39 is 0 Å². The number of carbonyl (C=O) groups excluding carboxylic acids is 1. The zero-order valence-corrected chi connectivity index (χ0v) is 20.4. The van der Waals surface area contributed by atoms with Crippen LogP contribution in [-0.2, 0) is 4.79 Å². The number of piperazine rings is 1. The Hall–Kier alpha value is -4.26. The molecule has 0 N–H and O–H groups in total. The van der Waals surface area contributed by atoms with Crippen molar-refractivity contribution in [1.82, 2.24) is 4.90 Å². The molecule has 0 radical (unpaired) electrons. The number of aryl methyl sites for hydroxylation is 1. The van der Waals surface area contributed by atoms with E-state index in [1.54, 1.807) is 32.2 Å². The molecule has 1 aromatic heterocycles. The van der Waals surface area contributed by atoms with Crippen molar-refractivity contribution in [1.29, 1.82) is 0 Å². The Morgan fingerprint density at radius 2 is 1.61 bits per heavy atom. The summed E-state index contributed by atoms with van der Waals surface area (Å²) in [7, 11) is 1.65. The van der Waals surface area contributed by atoms with Crippen molar-refractivity contribution in [3.63, 3.8) is 0 Å². The summed E-state index contributed by atoms with van der Waals surface area (Å²) in [6.45, 7) is 4.47. The Bertz CT molecular complexity index is 1420. The number of anilines is 1. The van der Waals surface area contributed by atoms with E-state index in [1.807, 2.05) is 59.5 Å². The molecule has 0 bridgehead atoms. The molecule has 7 nitrogen and oxygen atoms in total. The predicted molar refractivity (Wildman–Crippen MR) is 140 cm³/mol. The maximum atomic E-state index is 13.1. The minimum absolute atomic E-state index is 0.0680. The summed E-state index contributed by atoms with van der Waals surface area (Å²) in [5.41, 5.74) is 2.85. The summed E-state index contributed by atoms with van der Waals surface area (Å²) in [6.07, 6.45) is 0. The largest absolute Gasteiger partial charge is 0.497 e. The fourth-order valence-corrected chi connectivity index (χ4v) is 4.56. The molecule has 1 fully saturated rings. The van der Waals surface area contributed by atoms with Crippen molar-refractivity contribution in [2.45, 2.75) is 6.92 Å². The fourth-order valence-electron chi connectivity index (χ4n) is 4.56. The molecule has 1 aliphatic heterocycles. The number of ether oxygens (including phenoxy) is 2. The smallest absolute Gasteiger partial charge is 0.260 e. The van der Waals surface area contributed by atoms with Gasteiger partial charge in [-0.3, -0.25) is 9.59 Å². The van der Waals surface area contributed by atoms with Crippen LogP contribution in [0.3, 0.4) is 0 Å². The number of hydrogen-bond acceptors (Lipinski definition) is 6. The molecule has 1 aliphatic rings. The van der Waals surface area contributed by atoms with Gasteiger partial charge in [-0.25, -0.2) is 0 Å². The molecule has 0 spiro atoms. The lowest BCUT2D eigenvalue weighted by molar-refractivity contribution is -0.133. The summed E-state index contributed by atoms with van der Waals surface area (Å²) < 4.78 is 17.0. The van der Waals surface area contributed by atoms with Crippen LogP contribution in [-0.4, -0.2) is 50.7 Å². The third kappa shape index (κ3) is 4.77. The number of benzene rings is 3. The molecule has 0 unspecified atom stereocenters. The summed E-state index contributed by atoms with van der Waals surface area (Å²) in [5, 5.41) is 0.479. The molecule has 1 amide bonds. The van der Waals surface area contributed by atoms with Gasteiger partial charge in [0.05, 0.1) is 18.1 Å². The first kappa shape index (κ1) is 23.5. The van der Waals surface area contributed by atoms with Crippen LogP contribution in [0, 0.1) is 6.92 Å². The summed E-state index contributed by atoms with van der Waals surface area (Å²) in [6, 6.07) is 22.5. The van der Waals surface area contributed by atoms with Crippen LogP contribution in [0.5, 0.6) is 11.5 Å². The van der Waals surface area contributed by atoms with E-state index in [9.17, 15) is 9.59 Å². The zero-order chi connectivity index (χ0) is 25.1. The van der Waals surface area contributed by atoms with Gasteiger partial charge in [0.25, 0.3) is 5.91 Å². The fraction of sp³-hybridized carbons (Fsp3) is 0.241. The molecular formula is C29H28N2O5. The van der Waals surface area contributed by atoms with Crippen LogP contribution < -0.4 is 19.8 Å². The first-order valence-corrected chi connectivity index (χ1v) is 12.0. The van der Waals surface area contributed by atoms with Crippen LogP contribution >= 0.6 is 0 Å². The topological polar surface area (TPSA) is 72.2 Å². The Kier molecular flexibility index (Phi) is 6.62. The van der Waals surface area contributed by atoms with Gasteiger partial charge < -0.3 is 23.7 Å². The molecule has 4 aromatic rings. The summed E-state index contributed by atoms with van der Waals surface area (Å²) in [5.74, 6) is 1.79. The van der Waals surface area contributed by atoms with E-state index >= 15 is 0 Å². The van der Waals surface area contributed by atoms with Crippen molar-refractivity contribution in [2.24, 2.45) is 0 Å². The van der Waals surface area contributed by atoms with Crippen molar-refractivity contribution in [3.05, 3.63) is 88.8 Å². The monoisotopic (exact) mass is 484 g/mol. The maximum absolute atomic E-state index is 13.1. The highest BCUT2D eigenvalue weighted by atomic mass is 16.5. The van der Waals surface area contributed by atoms with Gasteiger partial charge in [-0.2, -0.15) is 0 Å². The molecule has 0 atom stereocenters. The van der Waals surface area contributed by atoms with Crippen molar-refractivity contribution < 1.29 is 18.7 Å². The molecule has 2 heterocycles. The van der Waals surface area contributed by atoms with E-state index in [2.05, 4.69) is 4.90 Å². The Labute approximate surface area is 209 Å². The van der Waals surface area contributed by atoms with Gasteiger partial charge in [0, 0.05) is 37.9 Å². The molecule has 184 valence electrons. The van der Waals surface area contributed by atoms with Gasteiger partial charge >= 0.3 is 0 Å². The average Bonchev–Trinajstić information content (AvgIpc) is 2.92. The number of carbonyl (C=O) groups is 1. The molecule has 36 heavy (non-hydrogen) atoms. The van der Waals surface area contributed by atoms with Crippen LogP contribution in [0.25, 0.3) is 22.1 Å². The number of nitrogens with zero attached hydrogens (tertiary/aromatic N) is 2. The number of hydrogen-bond donors (Lipinski definition) is 0. The van der Waals surface area contributed by atoms with E-state index in [1.165, 1.54) is 0 Å². The van der Waals surface area contributed by atoms with Crippen LogP contribution in [0.2, 0.25) is 0 Å². The Morgan fingerprint density at radius 1 is 0.917 bits per heavy atom. The molecular weight excluding hydrogens is 456 g/mol. The minimum atomic E-state index is -0.0858. The maximum Gasteiger partial charge on any atom is 0.260 e. The number of methoxy groups -OCH3 is 1. The van der Waals surface area contributed by atoms with E-state index in [-0.39, 0.29) is 17.9 Å². The van der Waals surface area contributed by atoms with E-state index in [4.69, 9.17) is 13.9 Å². The second kappa shape index (κ2) is 10.2. The van der Waals surface area contributed by atoms with E-state index in [0.29, 0.717) is 41.1 Å². The highest BCUT2D eigenvalue weighted by Gasteiger charge is 2.22. The van der Waals surface area contributed by atoms with Gasteiger partial charge in [-0.15, -0.1) is 0 Å². The van der Waals surface area contributed by atoms with Gasteiger partial charge in [0.2, 0.25) is 5.43 Å². The molecule has 7 heteroatoms. The number of rotatable bonds is 6. The summed E-state index contributed by atoms with van der Waals surface area (Å²) >= 11 is 0. The SMILES string of the molecule is COc1ccc(N2CCN(C(=O)COc3ccc4c(=O)c(-c5ccccc5)c(C)oc4c3)CC2)cc1. The van der Waals surface area contributed by atoms with Crippen molar-refractivity contribution in [2.75, 3.05) is 44.8 Å². The second-order valence-corrected chi connectivity index (χ2v) is 8.74. The molecule has 3 aromatic carbocycles. The second-order valence-electron chi connectivity index (χ2n) is 8.74. The average molecular weight is 485 g/mol. The van der Waals surface area contributed by atoms with Crippen molar-refractivity contribution >= 4 is 22.6 Å². The molecule has 5 rings (SSSR count). The highest BCUT2D eigenvalue weighted by Crippen LogP contribution is 2.26. The Morgan fingerprint density at radius 3 is 2.31 bits per heavy atom. The lowest BCUT2D eigenvalue weighted by Gasteiger charge is -2.36. The lowest BCUT2D eigenvalue weighted by Crippen LogP contribution is -2.50. The van der Waals surface area contributed by atoms with Gasteiger partial charge in [0.15, 0.2) is 6.61 Å². The van der Waals surface area contributed by atoms with Crippen molar-refractivity contribution in [3.8, 4) is 22.6 Å². The molecule has 1 saturated heterocycles. The van der Waals surface area contributed by atoms with Crippen LogP contribution in [0.4, 0.5) is 5.69 Å². The van der Waals surface area contributed by atoms with Gasteiger partial charge in [0.1, 0.15) is 22.8 Å².